The number of aromatic nitrogens is 2. The number of anilines is 1. The van der Waals surface area contributed by atoms with Gasteiger partial charge in [-0.05, 0) is 25.0 Å². The molecule has 108 valence electrons. The van der Waals surface area contributed by atoms with Crippen LogP contribution in [0, 0.1) is 15.9 Å². The number of ether oxygens (including phenoxy) is 1. The van der Waals surface area contributed by atoms with Crippen LogP contribution < -0.4 is 10.5 Å². The summed E-state index contributed by atoms with van der Waals surface area (Å²) in [5.74, 6) is 0.357. The number of nitro benzene ring substituents is 1. The first-order valence-electron chi connectivity index (χ1n) is 6.29. The van der Waals surface area contributed by atoms with Crippen molar-refractivity contribution >= 4 is 11.5 Å². The lowest BCUT2D eigenvalue weighted by Crippen LogP contribution is -2.01. The van der Waals surface area contributed by atoms with Crippen LogP contribution in [0.25, 0.3) is 0 Å². The largest absolute Gasteiger partial charge is 0.432 e. The summed E-state index contributed by atoms with van der Waals surface area (Å²) < 4.78 is 18.5. The molecule has 0 amide bonds. The first-order valence-corrected chi connectivity index (χ1v) is 6.29. The van der Waals surface area contributed by atoms with Crippen molar-refractivity contribution in [3.63, 3.8) is 0 Å². The minimum Gasteiger partial charge on any atom is -0.432 e. The summed E-state index contributed by atoms with van der Waals surface area (Å²) in [5, 5.41) is 10.9. The molecule has 3 rings (SSSR count). The number of nitrogens with zero attached hydrogens (tertiary/aromatic N) is 3. The van der Waals surface area contributed by atoms with E-state index in [1.165, 1.54) is 12.1 Å². The molecule has 0 unspecified atom stereocenters. The van der Waals surface area contributed by atoms with E-state index in [1.54, 1.807) is 0 Å². The summed E-state index contributed by atoms with van der Waals surface area (Å²) in [7, 11) is 0. The number of halogens is 1. The second kappa shape index (κ2) is 4.97. The molecular formula is C13H11FN4O3. The van der Waals surface area contributed by atoms with Gasteiger partial charge in [-0.25, -0.2) is 9.37 Å². The van der Waals surface area contributed by atoms with Gasteiger partial charge in [-0.15, -0.1) is 0 Å². The summed E-state index contributed by atoms with van der Waals surface area (Å²) in [5.41, 5.74) is 5.20. The van der Waals surface area contributed by atoms with Crippen molar-refractivity contribution in [1.29, 1.82) is 0 Å². The molecule has 0 atom stereocenters. The molecule has 0 radical (unpaired) electrons. The van der Waals surface area contributed by atoms with Crippen molar-refractivity contribution in [2.45, 2.75) is 18.8 Å². The highest BCUT2D eigenvalue weighted by molar-refractivity contribution is 5.48. The average Bonchev–Trinajstić information content (AvgIpc) is 3.24. The number of nitrogens with two attached hydrogens (primary N) is 1. The van der Waals surface area contributed by atoms with Crippen LogP contribution in [0.1, 0.15) is 24.6 Å². The van der Waals surface area contributed by atoms with Crippen molar-refractivity contribution in [3.8, 4) is 11.6 Å². The van der Waals surface area contributed by atoms with Crippen molar-refractivity contribution in [3.05, 3.63) is 46.0 Å². The van der Waals surface area contributed by atoms with Crippen molar-refractivity contribution in [1.82, 2.24) is 9.97 Å². The predicted octanol–water partition coefficient (Wildman–Crippen LogP) is 2.78. The molecular weight excluding hydrogens is 279 g/mol. The molecule has 0 spiro atoms. The van der Waals surface area contributed by atoms with Gasteiger partial charge in [0.05, 0.1) is 11.0 Å². The van der Waals surface area contributed by atoms with Gasteiger partial charge in [0.1, 0.15) is 17.5 Å². The standard InChI is InChI=1S/C13H11FN4O3/c14-8-3-4-10(9(5-8)18(19)20)21-12-6-11(15)16-13(17-12)7-1-2-7/h3-7H,1-2H2,(H2,15,16,17). The molecule has 8 heteroatoms. The highest BCUT2D eigenvalue weighted by Crippen LogP contribution is 2.39. The van der Waals surface area contributed by atoms with E-state index in [2.05, 4.69) is 9.97 Å². The molecule has 21 heavy (non-hydrogen) atoms. The Morgan fingerprint density at radius 2 is 2.10 bits per heavy atom. The zero-order chi connectivity index (χ0) is 15.0. The second-order valence-corrected chi connectivity index (χ2v) is 4.73. The van der Waals surface area contributed by atoms with Crippen LogP contribution in [0.5, 0.6) is 11.6 Å². The van der Waals surface area contributed by atoms with Crippen LogP contribution in [0.15, 0.2) is 24.3 Å². The first-order chi connectivity index (χ1) is 10.0. The Hall–Kier alpha value is -2.77. The number of hydrogen-bond donors (Lipinski definition) is 1. The molecule has 1 heterocycles. The Bertz CT molecular complexity index is 719. The number of nitrogen functional groups attached to an aromatic ring is 1. The molecule has 1 aromatic heterocycles. The van der Waals surface area contributed by atoms with E-state index in [0.717, 1.165) is 25.0 Å². The minimum absolute atomic E-state index is 0.0961. The number of nitro groups is 1. The molecule has 0 saturated heterocycles. The average molecular weight is 290 g/mol. The molecule has 2 aromatic rings. The normalized spacial score (nSPS) is 14.0. The summed E-state index contributed by atoms with van der Waals surface area (Å²) in [4.78, 5) is 18.5. The van der Waals surface area contributed by atoms with Gasteiger partial charge in [0.15, 0.2) is 0 Å². The zero-order valence-corrected chi connectivity index (χ0v) is 10.8. The lowest BCUT2D eigenvalue weighted by atomic mass is 10.3. The van der Waals surface area contributed by atoms with Crippen LogP contribution >= 0.6 is 0 Å². The van der Waals surface area contributed by atoms with Crippen molar-refractivity contribution in [2.24, 2.45) is 0 Å². The quantitative estimate of drug-likeness (QED) is 0.685. The Labute approximate surface area is 118 Å². The van der Waals surface area contributed by atoms with Gasteiger partial charge in [-0.1, -0.05) is 0 Å². The lowest BCUT2D eigenvalue weighted by molar-refractivity contribution is -0.385. The fraction of sp³-hybridized carbons (Fsp3) is 0.231. The molecule has 1 aliphatic carbocycles. The van der Waals surface area contributed by atoms with Gasteiger partial charge in [0.25, 0.3) is 0 Å². The minimum atomic E-state index is -0.717. The molecule has 7 nitrogen and oxygen atoms in total. The molecule has 0 aliphatic heterocycles. The van der Waals surface area contributed by atoms with Gasteiger partial charge < -0.3 is 10.5 Å². The third-order valence-corrected chi connectivity index (χ3v) is 3.01. The summed E-state index contributed by atoms with van der Waals surface area (Å²) in [6.45, 7) is 0. The van der Waals surface area contributed by atoms with E-state index < -0.39 is 16.4 Å². The van der Waals surface area contributed by atoms with E-state index >= 15 is 0 Å². The Balaban J connectivity index is 1.95. The monoisotopic (exact) mass is 290 g/mol. The maximum Gasteiger partial charge on any atom is 0.314 e. The maximum absolute atomic E-state index is 13.1. The summed E-state index contributed by atoms with van der Waals surface area (Å²) in [6.07, 6.45) is 1.97. The Morgan fingerprint density at radius 1 is 1.33 bits per heavy atom. The molecule has 1 saturated carbocycles. The molecule has 1 fully saturated rings. The third kappa shape index (κ3) is 2.88. The van der Waals surface area contributed by atoms with Crippen LogP contribution in [0.4, 0.5) is 15.9 Å². The summed E-state index contributed by atoms with van der Waals surface area (Å²) >= 11 is 0. The van der Waals surface area contributed by atoms with E-state index in [1.807, 2.05) is 0 Å². The third-order valence-electron chi connectivity index (χ3n) is 3.01. The van der Waals surface area contributed by atoms with Crippen molar-refractivity contribution < 1.29 is 14.1 Å². The van der Waals surface area contributed by atoms with Gasteiger partial charge >= 0.3 is 5.69 Å². The fourth-order valence-electron chi connectivity index (χ4n) is 1.87. The maximum atomic E-state index is 13.1. The van der Waals surface area contributed by atoms with Gasteiger partial charge in [0, 0.05) is 12.0 Å². The topological polar surface area (TPSA) is 104 Å². The van der Waals surface area contributed by atoms with E-state index in [0.29, 0.717) is 5.82 Å². The van der Waals surface area contributed by atoms with Gasteiger partial charge in [-0.2, -0.15) is 4.98 Å². The van der Waals surface area contributed by atoms with Crippen molar-refractivity contribution in [2.75, 3.05) is 5.73 Å². The first kappa shape index (κ1) is 13.2. The van der Waals surface area contributed by atoms with E-state index in [4.69, 9.17) is 10.5 Å². The van der Waals surface area contributed by atoms with E-state index in [9.17, 15) is 14.5 Å². The molecule has 0 bridgehead atoms. The molecule has 1 aliphatic rings. The van der Waals surface area contributed by atoms with Gasteiger partial charge in [-0.3, -0.25) is 10.1 Å². The Kier molecular flexibility index (Phi) is 3.13. The summed E-state index contributed by atoms with van der Waals surface area (Å²) in [6, 6.07) is 4.43. The number of benzene rings is 1. The zero-order valence-electron chi connectivity index (χ0n) is 10.8. The SMILES string of the molecule is Nc1cc(Oc2ccc(F)cc2[N+](=O)[O-])nc(C2CC2)n1. The van der Waals surface area contributed by atoms with Gasteiger partial charge in [0.2, 0.25) is 11.6 Å². The molecule has 1 aromatic carbocycles. The van der Waals surface area contributed by atoms with Crippen LogP contribution in [-0.2, 0) is 0 Å². The molecule has 2 N–H and O–H groups in total. The predicted molar refractivity (Wildman–Crippen MR) is 71.5 cm³/mol. The fourth-order valence-corrected chi connectivity index (χ4v) is 1.87. The van der Waals surface area contributed by atoms with Crippen LogP contribution in [0.2, 0.25) is 0 Å². The highest BCUT2D eigenvalue weighted by Gasteiger charge is 2.28. The van der Waals surface area contributed by atoms with E-state index in [-0.39, 0.29) is 23.4 Å². The Morgan fingerprint density at radius 3 is 2.76 bits per heavy atom. The van der Waals surface area contributed by atoms with Crippen LogP contribution in [-0.4, -0.2) is 14.9 Å². The smallest absolute Gasteiger partial charge is 0.314 e. The highest BCUT2D eigenvalue weighted by atomic mass is 19.1. The number of rotatable bonds is 4. The lowest BCUT2D eigenvalue weighted by Gasteiger charge is -2.07. The second-order valence-electron chi connectivity index (χ2n) is 4.73. The number of hydrogen-bond acceptors (Lipinski definition) is 6. The van der Waals surface area contributed by atoms with Crippen LogP contribution in [0.3, 0.4) is 0 Å².